The highest BCUT2D eigenvalue weighted by Gasteiger charge is 2.10. The van der Waals surface area contributed by atoms with E-state index in [1.54, 1.807) is 0 Å². The second-order valence-corrected chi connectivity index (χ2v) is 5.78. The maximum Gasteiger partial charge on any atom is 0.320 e. The minimum Gasteiger partial charge on any atom is -0.480 e. The Morgan fingerprint density at radius 1 is 1.41 bits per heavy atom. The number of aliphatic carboxylic acids is 1. The molecule has 0 aromatic carbocycles. The van der Waals surface area contributed by atoms with Gasteiger partial charge in [0, 0.05) is 12.2 Å². The maximum atomic E-state index is 10.6. The van der Waals surface area contributed by atoms with Gasteiger partial charge in [0.25, 0.3) is 0 Å². The quantitative estimate of drug-likeness (QED) is 0.511. The van der Waals surface area contributed by atoms with E-state index < -0.39 is 12.0 Å². The summed E-state index contributed by atoms with van der Waals surface area (Å²) < 4.78 is 0. The van der Waals surface area contributed by atoms with Gasteiger partial charge in [-0.3, -0.25) is 4.79 Å². The van der Waals surface area contributed by atoms with Crippen LogP contribution < -0.4 is 16.4 Å². The number of nitrogens with one attached hydrogen (secondary N) is 2. The smallest absolute Gasteiger partial charge is 0.320 e. The lowest BCUT2D eigenvalue weighted by atomic mass is 10.1. The number of anilines is 1. The molecular weight excluding hydrogens is 280 g/mol. The van der Waals surface area contributed by atoms with Crippen LogP contribution >= 0.6 is 0 Å². The topological polar surface area (TPSA) is 100 Å². The van der Waals surface area contributed by atoms with Crippen LogP contribution in [0.1, 0.15) is 36.9 Å². The third kappa shape index (κ3) is 5.27. The predicted octanol–water partition coefficient (Wildman–Crippen LogP) is 1.15. The Morgan fingerprint density at radius 3 is 3.09 bits per heavy atom. The van der Waals surface area contributed by atoms with Crippen molar-refractivity contribution in [3.05, 3.63) is 23.4 Å². The van der Waals surface area contributed by atoms with Crippen LogP contribution in [0.15, 0.2) is 12.1 Å². The fourth-order valence-corrected chi connectivity index (χ4v) is 2.57. The molecule has 6 heteroatoms. The van der Waals surface area contributed by atoms with E-state index in [1.807, 2.05) is 0 Å². The summed E-state index contributed by atoms with van der Waals surface area (Å²) in [6.07, 6.45) is 5.88. The van der Waals surface area contributed by atoms with Crippen molar-refractivity contribution in [2.24, 2.45) is 5.73 Å². The summed E-state index contributed by atoms with van der Waals surface area (Å²) in [6.45, 7) is 2.55. The second kappa shape index (κ2) is 8.70. The fraction of sp³-hybridized carbons (Fsp3) is 0.625. The van der Waals surface area contributed by atoms with Crippen LogP contribution in [0.5, 0.6) is 0 Å². The minimum atomic E-state index is -0.936. The highest BCUT2D eigenvalue weighted by Crippen LogP contribution is 2.20. The number of fused-ring (bicyclic) bond motifs is 1. The molecule has 2 rings (SSSR count). The number of nitrogens with two attached hydrogens (primary N) is 1. The molecule has 0 radical (unpaired) electrons. The van der Waals surface area contributed by atoms with Crippen LogP contribution in [-0.2, 0) is 17.6 Å². The van der Waals surface area contributed by atoms with Crippen molar-refractivity contribution in [3.63, 3.8) is 0 Å². The Balaban J connectivity index is 1.58. The van der Waals surface area contributed by atoms with Crippen LogP contribution in [0, 0.1) is 0 Å². The summed E-state index contributed by atoms with van der Waals surface area (Å²) in [5.74, 6) is 0.124. The van der Waals surface area contributed by atoms with Gasteiger partial charge in [0.2, 0.25) is 0 Å². The Morgan fingerprint density at radius 2 is 2.27 bits per heavy atom. The van der Waals surface area contributed by atoms with Crippen LogP contribution in [0.3, 0.4) is 0 Å². The summed E-state index contributed by atoms with van der Waals surface area (Å²) >= 11 is 0. The highest BCUT2D eigenvalue weighted by atomic mass is 16.4. The number of carboxylic acids is 1. The van der Waals surface area contributed by atoms with E-state index >= 15 is 0 Å². The summed E-state index contributed by atoms with van der Waals surface area (Å²) in [4.78, 5) is 15.2. The van der Waals surface area contributed by atoms with Gasteiger partial charge in [-0.05, 0) is 63.2 Å². The normalized spacial score (nSPS) is 15.0. The zero-order chi connectivity index (χ0) is 15.8. The molecule has 0 saturated heterocycles. The van der Waals surface area contributed by atoms with Crippen LogP contribution in [0.4, 0.5) is 5.82 Å². The third-order valence-electron chi connectivity index (χ3n) is 3.94. The number of carboxylic acid groups (broad SMARTS) is 1. The molecule has 1 aliphatic rings. The number of hydrogen-bond donors (Lipinski definition) is 4. The molecule has 0 amide bonds. The van der Waals surface area contributed by atoms with E-state index in [-0.39, 0.29) is 0 Å². The van der Waals surface area contributed by atoms with Crippen molar-refractivity contribution in [3.8, 4) is 0 Å². The SMILES string of the molecule is N[C@@H](CCNCCCCc1ccc2c(n1)NCCC2)C(=O)O. The van der Waals surface area contributed by atoms with E-state index in [4.69, 9.17) is 10.8 Å². The Labute approximate surface area is 131 Å². The number of nitrogens with zero attached hydrogens (tertiary/aromatic N) is 1. The van der Waals surface area contributed by atoms with Crippen molar-refractivity contribution in [2.75, 3.05) is 25.0 Å². The molecule has 122 valence electrons. The maximum absolute atomic E-state index is 10.6. The summed E-state index contributed by atoms with van der Waals surface area (Å²) in [5, 5.41) is 15.3. The average molecular weight is 306 g/mol. The molecule has 0 fully saturated rings. The van der Waals surface area contributed by atoms with E-state index in [2.05, 4.69) is 27.8 Å². The van der Waals surface area contributed by atoms with Gasteiger partial charge < -0.3 is 21.5 Å². The van der Waals surface area contributed by atoms with Gasteiger partial charge in [0.05, 0.1) is 0 Å². The highest BCUT2D eigenvalue weighted by molar-refractivity contribution is 5.72. The van der Waals surface area contributed by atoms with Crippen LogP contribution in [0.25, 0.3) is 0 Å². The van der Waals surface area contributed by atoms with Crippen molar-refractivity contribution in [1.82, 2.24) is 10.3 Å². The fourth-order valence-electron chi connectivity index (χ4n) is 2.57. The standard InChI is InChI=1S/C16H26N4O2/c17-14(16(21)22)8-11-18-9-2-1-5-13-7-6-12-4-3-10-19-15(12)20-13/h6-7,14,18H,1-5,8-11,17H2,(H,19,20)(H,21,22)/t14-/m0/s1. The molecule has 1 aromatic rings. The summed E-state index contributed by atoms with van der Waals surface area (Å²) in [5.41, 5.74) is 7.90. The Hall–Kier alpha value is -1.66. The van der Waals surface area contributed by atoms with Crippen LogP contribution in [-0.4, -0.2) is 41.7 Å². The molecule has 1 aliphatic heterocycles. The first-order valence-electron chi connectivity index (χ1n) is 8.08. The predicted molar refractivity (Wildman–Crippen MR) is 87.1 cm³/mol. The monoisotopic (exact) mass is 306 g/mol. The number of unbranched alkanes of at least 4 members (excludes halogenated alkanes) is 1. The summed E-state index contributed by atoms with van der Waals surface area (Å²) in [7, 11) is 0. The second-order valence-electron chi connectivity index (χ2n) is 5.78. The molecule has 0 spiro atoms. The molecule has 0 saturated carbocycles. The van der Waals surface area contributed by atoms with Gasteiger partial charge in [-0.2, -0.15) is 0 Å². The van der Waals surface area contributed by atoms with Crippen molar-refractivity contribution in [2.45, 2.75) is 44.6 Å². The molecule has 6 nitrogen and oxygen atoms in total. The number of aromatic nitrogens is 1. The number of pyridine rings is 1. The molecular formula is C16H26N4O2. The zero-order valence-corrected chi connectivity index (χ0v) is 13.0. The zero-order valence-electron chi connectivity index (χ0n) is 13.0. The van der Waals surface area contributed by atoms with Crippen LogP contribution in [0.2, 0.25) is 0 Å². The van der Waals surface area contributed by atoms with Gasteiger partial charge in [-0.15, -0.1) is 0 Å². The number of rotatable bonds is 9. The van der Waals surface area contributed by atoms with E-state index in [0.29, 0.717) is 13.0 Å². The van der Waals surface area contributed by atoms with Gasteiger partial charge >= 0.3 is 5.97 Å². The lowest BCUT2D eigenvalue weighted by Crippen LogP contribution is -2.33. The third-order valence-corrected chi connectivity index (χ3v) is 3.94. The Kier molecular flexibility index (Phi) is 6.61. The molecule has 22 heavy (non-hydrogen) atoms. The van der Waals surface area contributed by atoms with E-state index in [0.717, 1.165) is 50.3 Å². The first-order valence-corrected chi connectivity index (χ1v) is 8.08. The first kappa shape index (κ1) is 16.7. The van der Waals surface area contributed by atoms with Gasteiger partial charge in [-0.1, -0.05) is 6.07 Å². The molecule has 5 N–H and O–H groups in total. The van der Waals surface area contributed by atoms with E-state index in [1.165, 1.54) is 12.0 Å². The van der Waals surface area contributed by atoms with Crippen molar-refractivity contribution >= 4 is 11.8 Å². The number of hydrogen-bond acceptors (Lipinski definition) is 5. The number of aryl methyl sites for hydroxylation is 2. The average Bonchev–Trinajstić information content (AvgIpc) is 2.53. The molecule has 2 heterocycles. The van der Waals surface area contributed by atoms with Crippen molar-refractivity contribution in [1.29, 1.82) is 0 Å². The van der Waals surface area contributed by atoms with Gasteiger partial charge in [0.1, 0.15) is 11.9 Å². The molecule has 1 aromatic heterocycles. The minimum absolute atomic E-state index is 0.466. The van der Waals surface area contributed by atoms with E-state index in [9.17, 15) is 4.79 Å². The Bertz CT molecular complexity index is 493. The summed E-state index contributed by atoms with van der Waals surface area (Å²) in [6, 6.07) is 3.56. The molecule has 0 bridgehead atoms. The van der Waals surface area contributed by atoms with Crippen molar-refractivity contribution < 1.29 is 9.90 Å². The molecule has 0 unspecified atom stereocenters. The van der Waals surface area contributed by atoms with Gasteiger partial charge in [-0.25, -0.2) is 4.98 Å². The van der Waals surface area contributed by atoms with Gasteiger partial charge in [0.15, 0.2) is 0 Å². The molecule has 1 atom stereocenters. The molecule has 0 aliphatic carbocycles. The largest absolute Gasteiger partial charge is 0.480 e. The lowest BCUT2D eigenvalue weighted by molar-refractivity contribution is -0.138. The first-order chi connectivity index (χ1) is 10.7. The number of carbonyl (C=O) groups is 1. The lowest BCUT2D eigenvalue weighted by Gasteiger charge is -2.17.